The predicted molar refractivity (Wildman–Crippen MR) is 53.1 cm³/mol. The van der Waals surface area contributed by atoms with E-state index in [1.54, 1.807) is 0 Å². The van der Waals surface area contributed by atoms with Gasteiger partial charge in [0.1, 0.15) is 0 Å². The molecule has 0 atom stereocenters. The Morgan fingerprint density at radius 3 is 2.23 bits per heavy atom. The van der Waals surface area contributed by atoms with Crippen molar-refractivity contribution < 1.29 is 9.90 Å². The van der Waals surface area contributed by atoms with Gasteiger partial charge in [-0.3, -0.25) is 5.32 Å². The molecule has 0 bridgehead atoms. The standard InChI is InChI=1S/C7H4Cl3NO2/c8-3-1-5(10)6(2-4(3)9)11-7(12)13/h1-2,11H,(H,12,13). The lowest BCUT2D eigenvalue weighted by Crippen LogP contribution is -2.07. The fourth-order valence-electron chi connectivity index (χ4n) is 0.734. The number of hydrogen-bond acceptors (Lipinski definition) is 1. The number of carbonyl (C=O) groups is 1. The first-order valence-electron chi connectivity index (χ1n) is 3.15. The lowest BCUT2D eigenvalue weighted by Gasteiger charge is -2.04. The van der Waals surface area contributed by atoms with Crippen molar-refractivity contribution in [2.45, 2.75) is 0 Å². The molecule has 0 aliphatic heterocycles. The molecule has 6 heteroatoms. The molecule has 0 spiro atoms. The molecule has 1 amide bonds. The molecular weight excluding hydrogens is 236 g/mol. The second-order valence-corrected chi connectivity index (χ2v) is 3.40. The average Bonchev–Trinajstić information content (AvgIpc) is 1.99. The van der Waals surface area contributed by atoms with Crippen LogP contribution in [0, 0.1) is 0 Å². The van der Waals surface area contributed by atoms with E-state index in [9.17, 15) is 4.79 Å². The molecule has 13 heavy (non-hydrogen) atoms. The quantitative estimate of drug-likeness (QED) is 0.735. The topological polar surface area (TPSA) is 49.3 Å². The highest BCUT2D eigenvalue weighted by Gasteiger charge is 2.07. The minimum absolute atomic E-state index is 0.205. The lowest BCUT2D eigenvalue weighted by atomic mass is 10.3. The molecule has 0 aromatic heterocycles. The van der Waals surface area contributed by atoms with Crippen molar-refractivity contribution in [2.24, 2.45) is 0 Å². The summed E-state index contributed by atoms with van der Waals surface area (Å²) in [7, 11) is 0. The second kappa shape index (κ2) is 4.05. The normalized spacial score (nSPS) is 9.77. The molecule has 1 aromatic rings. The molecule has 0 fully saturated rings. The predicted octanol–water partition coefficient (Wildman–Crippen LogP) is 3.74. The molecule has 1 aromatic carbocycles. The van der Waals surface area contributed by atoms with Crippen molar-refractivity contribution in [2.75, 3.05) is 5.32 Å². The average molecular weight is 240 g/mol. The summed E-state index contributed by atoms with van der Waals surface area (Å²) in [5, 5.41) is 11.2. The van der Waals surface area contributed by atoms with E-state index in [2.05, 4.69) is 5.32 Å². The van der Waals surface area contributed by atoms with Crippen molar-refractivity contribution >= 4 is 46.6 Å². The fourth-order valence-corrected chi connectivity index (χ4v) is 1.33. The highest BCUT2D eigenvalue weighted by molar-refractivity contribution is 6.44. The van der Waals surface area contributed by atoms with Crippen LogP contribution in [0.5, 0.6) is 0 Å². The summed E-state index contributed by atoms with van der Waals surface area (Å²) in [6.45, 7) is 0. The minimum Gasteiger partial charge on any atom is -0.465 e. The number of anilines is 1. The Kier molecular flexibility index (Phi) is 3.25. The van der Waals surface area contributed by atoms with Gasteiger partial charge in [0.15, 0.2) is 0 Å². The van der Waals surface area contributed by atoms with Crippen LogP contribution in [0.25, 0.3) is 0 Å². The van der Waals surface area contributed by atoms with Gasteiger partial charge in [0.2, 0.25) is 0 Å². The zero-order valence-corrected chi connectivity index (χ0v) is 8.41. The first-order chi connectivity index (χ1) is 6.00. The summed E-state index contributed by atoms with van der Waals surface area (Å²) >= 11 is 17.0. The summed E-state index contributed by atoms with van der Waals surface area (Å²) in [4.78, 5) is 10.3. The van der Waals surface area contributed by atoms with E-state index in [0.29, 0.717) is 0 Å². The van der Waals surface area contributed by atoms with Crippen LogP contribution in [0.2, 0.25) is 15.1 Å². The number of amides is 1. The highest BCUT2D eigenvalue weighted by Crippen LogP contribution is 2.31. The van der Waals surface area contributed by atoms with Gasteiger partial charge in [-0.05, 0) is 12.1 Å². The van der Waals surface area contributed by atoms with Crippen LogP contribution in [-0.4, -0.2) is 11.2 Å². The van der Waals surface area contributed by atoms with Crippen LogP contribution in [-0.2, 0) is 0 Å². The van der Waals surface area contributed by atoms with E-state index >= 15 is 0 Å². The molecule has 0 aliphatic rings. The molecule has 0 aliphatic carbocycles. The molecule has 0 saturated carbocycles. The highest BCUT2D eigenvalue weighted by atomic mass is 35.5. The Hall–Kier alpha value is -0.640. The Balaban J connectivity index is 3.08. The summed E-state index contributed by atoms with van der Waals surface area (Å²) in [5.74, 6) is 0. The molecule has 0 radical (unpaired) electrons. The van der Waals surface area contributed by atoms with Crippen LogP contribution < -0.4 is 5.32 Å². The van der Waals surface area contributed by atoms with Crippen molar-refractivity contribution in [3.63, 3.8) is 0 Å². The summed E-state index contributed by atoms with van der Waals surface area (Å²) < 4.78 is 0. The van der Waals surface area contributed by atoms with Gasteiger partial charge in [0, 0.05) is 0 Å². The van der Waals surface area contributed by atoms with E-state index in [1.807, 2.05) is 0 Å². The lowest BCUT2D eigenvalue weighted by molar-refractivity contribution is 0.210. The second-order valence-electron chi connectivity index (χ2n) is 2.18. The van der Waals surface area contributed by atoms with Gasteiger partial charge in [-0.15, -0.1) is 0 Å². The number of nitrogens with one attached hydrogen (secondary N) is 1. The van der Waals surface area contributed by atoms with Crippen LogP contribution in [0.15, 0.2) is 12.1 Å². The van der Waals surface area contributed by atoms with Crippen molar-refractivity contribution in [3.05, 3.63) is 27.2 Å². The maximum absolute atomic E-state index is 10.3. The molecule has 2 N–H and O–H groups in total. The van der Waals surface area contributed by atoms with Crippen LogP contribution in [0.3, 0.4) is 0 Å². The van der Waals surface area contributed by atoms with Crippen LogP contribution in [0.1, 0.15) is 0 Å². The van der Waals surface area contributed by atoms with Crippen LogP contribution >= 0.6 is 34.8 Å². The molecule has 1 rings (SSSR count). The largest absolute Gasteiger partial charge is 0.465 e. The summed E-state index contributed by atoms with van der Waals surface area (Å²) in [5.41, 5.74) is 0.212. The number of benzene rings is 1. The minimum atomic E-state index is -1.21. The fraction of sp³-hybridized carbons (Fsp3) is 0. The van der Waals surface area contributed by atoms with E-state index in [1.165, 1.54) is 12.1 Å². The molecule has 70 valence electrons. The van der Waals surface area contributed by atoms with E-state index in [0.717, 1.165) is 0 Å². The third kappa shape index (κ3) is 2.66. The molecule has 0 saturated heterocycles. The Bertz CT molecular complexity index is 354. The van der Waals surface area contributed by atoms with Gasteiger partial charge in [-0.2, -0.15) is 0 Å². The maximum Gasteiger partial charge on any atom is 0.409 e. The van der Waals surface area contributed by atoms with Crippen molar-refractivity contribution in [1.82, 2.24) is 0 Å². The SMILES string of the molecule is O=C(O)Nc1cc(Cl)c(Cl)cc1Cl. The van der Waals surface area contributed by atoms with Gasteiger partial charge in [-0.1, -0.05) is 34.8 Å². The first kappa shape index (κ1) is 10.4. The first-order valence-corrected chi connectivity index (χ1v) is 4.28. The molecule has 0 heterocycles. The third-order valence-corrected chi connectivity index (χ3v) is 2.29. The monoisotopic (exact) mass is 239 g/mol. The number of halogens is 3. The van der Waals surface area contributed by atoms with Crippen LogP contribution in [0.4, 0.5) is 10.5 Å². The number of rotatable bonds is 1. The van der Waals surface area contributed by atoms with E-state index in [4.69, 9.17) is 39.9 Å². The molecule has 0 unspecified atom stereocenters. The van der Waals surface area contributed by atoms with Gasteiger partial charge in [0.05, 0.1) is 20.8 Å². The molecule has 3 nitrogen and oxygen atoms in total. The number of hydrogen-bond donors (Lipinski definition) is 2. The van der Waals surface area contributed by atoms with E-state index in [-0.39, 0.29) is 20.8 Å². The number of carboxylic acid groups (broad SMARTS) is 1. The summed E-state index contributed by atoms with van der Waals surface area (Å²) in [6, 6.07) is 2.72. The van der Waals surface area contributed by atoms with Crippen molar-refractivity contribution in [3.8, 4) is 0 Å². The zero-order valence-electron chi connectivity index (χ0n) is 6.14. The Morgan fingerprint density at radius 2 is 1.69 bits per heavy atom. The zero-order chi connectivity index (χ0) is 10.0. The van der Waals surface area contributed by atoms with Crippen molar-refractivity contribution in [1.29, 1.82) is 0 Å². The smallest absolute Gasteiger partial charge is 0.409 e. The van der Waals surface area contributed by atoms with Gasteiger partial charge < -0.3 is 5.11 Å². The van der Waals surface area contributed by atoms with Gasteiger partial charge in [-0.25, -0.2) is 4.79 Å². The van der Waals surface area contributed by atoms with Gasteiger partial charge in [0.25, 0.3) is 0 Å². The molecular formula is C7H4Cl3NO2. The third-order valence-electron chi connectivity index (χ3n) is 1.25. The Morgan fingerprint density at radius 1 is 1.15 bits per heavy atom. The van der Waals surface area contributed by atoms with E-state index < -0.39 is 6.09 Å². The maximum atomic E-state index is 10.3. The summed E-state index contributed by atoms with van der Waals surface area (Å²) in [6.07, 6.45) is -1.21. The van der Waals surface area contributed by atoms with Gasteiger partial charge >= 0.3 is 6.09 Å². The Labute approximate surface area is 89.2 Å².